The molecule has 2 saturated heterocycles. The number of anilines is 7. The zero-order valence-corrected chi connectivity index (χ0v) is 32.9. The highest BCUT2D eigenvalue weighted by Crippen LogP contribution is 2.42. The third-order valence-electron chi connectivity index (χ3n) is 10.7. The van der Waals surface area contributed by atoms with Crippen LogP contribution < -0.4 is 45.9 Å². The second-order valence-electron chi connectivity index (χ2n) is 15.2. The number of nitrogens with one attached hydrogen (secondary N) is 4. The van der Waals surface area contributed by atoms with Crippen LogP contribution in [-0.4, -0.2) is 108 Å². The van der Waals surface area contributed by atoms with Crippen molar-refractivity contribution in [2.45, 2.75) is 51.9 Å². The Kier molecular flexibility index (Phi) is 11.9. The highest BCUT2D eigenvalue weighted by atomic mass is 16.5. The molecule has 6 N–H and O–H groups in total. The van der Waals surface area contributed by atoms with Crippen LogP contribution in [0.1, 0.15) is 49.1 Å². The normalized spacial score (nSPS) is 17.6. The number of hydrogen-bond acceptors (Lipinski definition) is 15. The number of likely N-dealkylation sites (tertiary alicyclic amines) is 2. The van der Waals surface area contributed by atoms with Gasteiger partial charge in [0.05, 0.1) is 25.5 Å². The smallest absolute Gasteiger partial charge is 0.262 e. The van der Waals surface area contributed by atoms with Crippen molar-refractivity contribution in [3.05, 3.63) is 53.3 Å². The number of nitrogens with two attached hydrogens (primary N) is 1. The molecule has 4 aromatic rings. The van der Waals surface area contributed by atoms with E-state index in [1.807, 2.05) is 38.2 Å². The monoisotopic (exact) mass is 779 g/mol. The summed E-state index contributed by atoms with van der Waals surface area (Å²) in [4.78, 5) is 35.5. The number of carbonyl (C=O) groups excluding carboxylic acids is 1. The van der Waals surface area contributed by atoms with Crippen LogP contribution in [0.3, 0.4) is 0 Å². The summed E-state index contributed by atoms with van der Waals surface area (Å²) < 4.78 is 24.2. The molecular formula is C41H53N11O5. The van der Waals surface area contributed by atoms with Gasteiger partial charge in [-0.15, -0.1) is 0 Å². The second kappa shape index (κ2) is 17.7. The molecule has 16 nitrogen and oxygen atoms in total. The van der Waals surface area contributed by atoms with Crippen molar-refractivity contribution in [2.24, 2.45) is 5.92 Å². The lowest BCUT2D eigenvalue weighted by Crippen LogP contribution is -2.26. The molecule has 16 heteroatoms. The quantitative estimate of drug-likeness (QED) is 0.0886. The van der Waals surface area contributed by atoms with Gasteiger partial charge in [-0.25, -0.2) is 9.97 Å². The predicted octanol–water partition coefficient (Wildman–Crippen LogP) is 5.15. The van der Waals surface area contributed by atoms with E-state index < -0.39 is 0 Å². The number of nitrogen functional groups attached to an aromatic ring is 1. The molecule has 1 atom stereocenters. The number of aryl methyl sites for hydroxylation is 1. The molecule has 1 amide bonds. The lowest BCUT2D eigenvalue weighted by atomic mass is 10.0. The summed E-state index contributed by atoms with van der Waals surface area (Å²) in [6.45, 7) is 9.92. The molecule has 4 aliphatic heterocycles. The van der Waals surface area contributed by atoms with Crippen molar-refractivity contribution in [1.82, 2.24) is 29.7 Å². The first-order valence-electron chi connectivity index (χ1n) is 20.1. The van der Waals surface area contributed by atoms with Gasteiger partial charge in [-0.2, -0.15) is 9.97 Å². The maximum atomic E-state index is 12.1. The number of benzene rings is 2. The topological polar surface area (TPSA) is 186 Å². The zero-order valence-electron chi connectivity index (χ0n) is 32.9. The van der Waals surface area contributed by atoms with Gasteiger partial charge in [0.1, 0.15) is 11.6 Å². The van der Waals surface area contributed by atoms with Gasteiger partial charge in [0.15, 0.2) is 29.6 Å². The van der Waals surface area contributed by atoms with Gasteiger partial charge in [-0.3, -0.25) is 4.79 Å². The molecule has 8 rings (SSSR count). The van der Waals surface area contributed by atoms with E-state index in [1.165, 1.54) is 25.9 Å². The summed E-state index contributed by atoms with van der Waals surface area (Å²) in [6, 6.07) is 11.5. The number of amides is 1. The van der Waals surface area contributed by atoms with E-state index in [9.17, 15) is 4.79 Å². The molecule has 0 spiro atoms. The molecule has 2 aromatic heterocycles. The number of aromatic nitrogens is 4. The molecule has 0 radical (unpaired) electrons. The molecule has 302 valence electrons. The molecule has 0 bridgehead atoms. The summed E-state index contributed by atoms with van der Waals surface area (Å²) in [5.74, 6) is 4.95. The number of nitrogens with zero attached hydrogens (tertiary/aromatic N) is 6. The van der Waals surface area contributed by atoms with E-state index in [0.29, 0.717) is 72.1 Å². The fourth-order valence-corrected chi connectivity index (χ4v) is 8.01. The van der Waals surface area contributed by atoms with Crippen LogP contribution in [0.2, 0.25) is 0 Å². The van der Waals surface area contributed by atoms with Gasteiger partial charge in [-0.05, 0) is 83.1 Å². The Morgan fingerprint density at radius 3 is 2.39 bits per heavy atom. The Morgan fingerprint density at radius 2 is 1.60 bits per heavy atom. The Balaban J connectivity index is 0.834. The number of ether oxygens (including phenoxy) is 4. The summed E-state index contributed by atoms with van der Waals surface area (Å²) in [7, 11) is 1.81. The summed E-state index contributed by atoms with van der Waals surface area (Å²) in [5, 5.41) is 12.6. The molecule has 1 unspecified atom stereocenters. The van der Waals surface area contributed by atoms with Crippen molar-refractivity contribution in [3.8, 4) is 23.0 Å². The maximum Gasteiger partial charge on any atom is 0.262 e. The number of rotatable bonds is 17. The van der Waals surface area contributed by atoms with Gasteiger partial charge in [0, 0.05) is 85.7 Å². The van der Waals surface area contributed by atoms with E-state index in [1.54, 1.807) is 6.07 Å². The van der Waals surface area contributed by atoms with Crippen LogP contribution in [0.5, 0.6) is 23.0 Å². The van der Waals surface area contributed by atoms with Crippen molar-refractivity contribution >= 4 is 46.5 Å². The SMILES string of the molecule is CNc1cc(C)nc(Nc2cc3c(c(OCCCN4CCC(Cc5cc(N)nc(Nc6cc7c(c(OCCCN8CCCC8)c6)OCC7)n5)C4)c2)OCC(=O)N3)n1. The minimum Gasteiger partial charge on any atom is -0.490 e. The van der Waals surface area contributed by atoms with Crippen LogP contribution >= 0.6 is 0 Å². The lowest BCUT2D eigenvalue weighted by molar-refractivity contribution is -0.118. The third kappa shape index (κ3) is 9.86. The predicted molar refractivity (Wildman–Crippen MR) is 220 cm³/mol. The minimum absolute atomic E-state index is 0.0637. The highest BCUT2D eigenvalue weighted by molar-refractivity contribution is 5.97. The first-order chi connectivity index (χ1) is 27.8. The van der Waals surface area contributed by atoms with Crippen LogP contribution in [0, 0.1) is 12.8 Å². The molecule has 2 aromatic carbocycles. The van der Waals surface area contributed by atoms with E-state index in [2.05, 4.69) is 52.1 Å². The first kappa shape index (κ1) is 38.3. The summed E-state index contributed by atoms with van der Waals surface area (Å²) in [6.07, 6.45) is 7.12. The molecule has 6 heterocycles. The molecule has 57 heavy (non-hydrogen) atoms. The Bertz CT molecular complexity index is 2060. The maximum absolute atomic E-state index is 12.1. The average molecular weight is 780 g/mol. The van der Waals surface area contributed by atoms with Crippen molar-refractivity contribution in [1.29, 1.82) is 0 Å². The van der Waals surface area contributed by atoms with Crippen LogP contribution in [-0.2, 0) is 17.6 Å². The largest absolute Gasteiger partial charge is 0.490 e. The molecule has 4 aliphatic rings. The van der Waals surface area contributed by atoms with Gasteiger partial charge < -0.3 is 55.7 Å². The molecule has 0 saturated carbocycles. The zero-order chi connectivity index (χ0) is 39.1. The number of hydrogen-bond donors (Lipinski definition) is 5. The number of carbonyl (C=O) groups is 1. The van der Waals surface area contributed by atoms with E-state index in [4.69, 9.17) is 29.7 Å². The van der Waals surface area contributed by atoms with E-state index in [-0.39, 0.29) is 12.5 Å². The van der Waals surface area contributed by atoms with E-state index in [0.717, 1.165) is 92.4 Å². The van der Waals surface area contributed by atoms with Gasteiger partial charge in [0.25, 0.3) is 5.91 Å². The Morgan fingerprint density at radius 1 is 0.860 bits per heavy atom. The van der Waals surface area contributed by atoms with Crippen molar-refractivity contribution in [3.63, 3.8) is 0 Å². The minimum atomic E-state index is -0.219. The van der Waals surface area contributed by atoms with E-state index >= 15 is 0 Å². The average Bonchev–Trinajstić information content (AvgIpc) is 3.98. The fourth-order valence-electron chi connectivity index (χ4n) is 8.01. The number of fused-ring (bicyclic) bond motifs is 2. The van der Waals surface area contributed by atoms with Gasteiger partial charge in [0.2, 0.25) is 11.9 Å². The van der Waals surface area contributed by atoms with Gasteiger partial charge >= 0.3 is 0 Å². The second-order valence-corrected chi connectivity index (χ2v) is 15.2. The van der Waals surface area contributed by atoms with Crippen LogP contribution in [0.15, 0.2) is 36.4 Å². The standard InChI is InChI=1S/C41H53N11O5/c1-26-17-36(43-2)50-40(44-26)47-31-20-32-39(57-25-37(53)48-32)34(22-31)55-15-6-12-52-13-7-27(24-52)18-29-23-35(42)49-41(45-29)46-30-19-28-8-16-56-38(28)33(21-30)54-14-5-11-51-9-3-4-10-51/h17,19-23,27H,3-16,18,24-25H2,1-2H3,(H,48,53)(H3,42,45,46,49)(H2,43,44,47,50). The molecular weight excluding hydrogens is 727 g/mol. The summed E-state index contributed by atoms with van der Waals surface area (Å²) in [5.41, 5.74) is 11.2. The summed E-state index contributed by atoms with van der Waals surface area (Å²) >= 11 is 0. The first-order valence-corrected chi connectivity index (χ1v) is 20.1. The van der Waals surface area contributed by atoms with Gasteiger partial charge in [-0.1, -0.05) is 0 Å². The fraction of sp³-hybridized carbons (Fsp3) is 0.488. The Labute approximate surface area is 333 Å². The van der Waals surface area contributed by atoms with Crippen molar-refractivity contribution < 1.29 is 23.7 Å². The molecule has 2 fully saturated rings. The molecule has 0 aliphatic carbocycles. The van der Waals surface area contributed by atoms with Crippen molar-refractivity contribution in [2.75, 3.05) is 99.7 Å². The Hall–Kier alpha value is -5.61. The van der Waals surface area contributed by atoms with Crippen LogP contribution in [0.4, 0.5) is 40.6 Å². The highest BCUT2D eigenvalue weighted by Gasteiger charge is 2.25. The third-order valence-corrected chi connectivity index (χ3v) is 10.7. The lowest BCUT2D eigenvalue weighted by Gasteiger charge is -2.22. The van der Waals surface area contributed by atoms with Crippen LogP contribution in [0.25, 0.3) is 0 Å².